The van der Waals surface area contributed by atoms with E-state index < -0.39 is 0 Å². The Bertz CT molecular complexity index is 165. The fourth-order valence-corrected chi connectivity index (χ4v) is 2.82. The van der Waals surface area contributed by atoms with Crippen LogP contribution in [0, 0.1) is 0 Å². The zero-order chi connectivity index (χ0) is 10.9. The Morgan fingerprint density at radius 1 is 0.857 bits per heavy atom. The summed E-state index contributed by atoms with van der Waals surface area (Å²) in [5.41, 5.74) is 0. The van der Waals surface area contributed by atoms with Gasteiger partial charge in [0.15, 0.2) is 0 Å². The maximum Gasteiger partial charge on any atom is 0.0201 e. The molecule has 1 aliphatic heterocycles. The van der Waals surface area contributed by atoms with Crippen molar-refractivity contribution in [1.29, 1.82) is 0 Å². The summed E-state index contributed by atoms with van der Waals surface area (Å²) in [4.78, 5) is 5.23. The quantitative estimate of drug-likeness (QED) is 0.671. The molecule has 84 valence electrons. The number of piperazine rings is 1. The van der Waals surface area contributed by atoms with E-state index in [9.17, 15) is 0 Å². The standard InChI is InChI=1S/C12H26N2/c1-9(2)13-7-11(5)14(10(3)4)12(6)8-13/h9-12H,7-8H2,1-6H3/t11-,12+. The van der Waals surface area contributed by atoms with Crippen molar-refractivity contribution in [1.82, 2.24) is 9.80 Å². The van der Waals surface area contributed by atoms with E-state index in [0.717, 1.165) is 0 Å². The average Bonchev–Trinajstić information content (AvgIpc) is 2.01. The molecule has 0 saturated carbocycles. The summed E-state index contributed by atoms with van der Waals surface area (Å²) in [6, 6.07) is 2.76. The minimum atomic E-state index is 0.675. The van der Waals surface area contributed by atoms with Crippen LogP contribution in [-0.4, -0.2) is 47.1 Å². The zero-order valence-electron chi connectivity index (χ0n) is 10.6. The Hall–Kier alpha value is -0.0800. The summed E-state index contributed by atoms with van der Waals surface area (Å²) in [7, 11) is 0. The SMILES string of the molecule is CC(C)N1C[C@@H](C)N(C(C)C)[C@@H](C)C1. The maximum absolute atomic E-state index is 2.64. The predicted molar refractivity (Wildman–Crippen MR) is 62.6 cm³/mol. The molecular formula is C12H26N2. The topological polar surface area (TPSA) is 6.48 Å². The summed E-state index contributed by atoms with van der Waals surface area (Å²) in [6.07, 6.45) is 0. The smallest absolute Gasteiger partial charge is 0.0201 e. The summed E-state index contributed by atoms with van der Waals surface area (Å²) in [5, 5.41) is 0. The van der Waals surface area contributed by atoms with Gasteiger partial charge in [-0.1, -0.05) is 0 Å². The highest BCUT2D eigenvalue weighted by Gasteiger charge is 2.31. The van der Waals surface area contributed by atoms with Crippen LogP contribution in [0.3, 0.4) is 0 Å². The molecule has 0 aromatic carbocycles. The first-order valence-electron chi connectivity index (χ1n) is 5.95. The molecule has 0 amide bonds. The van der Waals surface area contributed by atoms with E-state index in [4.69, 9.17) is 0 Å². The molecule has 2 nitrogen and oxygen atoms in total. The van der Waals surface area contributed by atoms with Crippen LogP contribution >= 0.6 is 0 Å². The van der Waals surface area contributed by atoms with Crippen molar-refractivity contribution in [2.45, 2.75) is 65.7 Å². The number of nitrogens with zero attached hydrogens (tertiary/aromatic N) is 2. The molecule has 0 aromatic heterocycles. The lowest BCUT2D eigenvalue weighted by Gasteiger charge is -2.48. The second-order valence-electron chi connectivity index (χ2n) is 5.29. The molecule has 0 aliphatic carbocycles. The van der Waals surface area contributed by atoms with E-state index in [1.807, 2.05) is 0 Å². The average molecular weight is 198 g/mol. The molecule has 0 N–H and O–H groups in total. The third-order valence-electron chi connectivity index (χ3n) is 3.34. The van der Waals surface area contributed by atoms with Gasteiger partial charge in [-0.3, -0.25) is 9.80 Å². The molecule has 1 saturated heterocycles. The van der Waals surface area contributed by atoms with Crippen LogP contribution in [0.5, 0.6) is 0 Å². The van der Waals surface area contributed by atoms with E-state index in [-0.39, 0.29) is 0 Å². The third-order valence-corrected chi connectivity index (χ3v) is 3.34. The Morgan fingerprint density at radius 2 is 1.29 bits per heavy atom. The summed E-state index contributed by atoms with van der Waals surface area (Å²) >= 11 is 0. The van der Waals surface area contributed by atoms with Crippen LogP contribution in [-0.2, 0) is 0 Å². The molecule has 2 atom stereocenters. The van der Waals surface area contributed by atoms with E-state index >= 15 is 0 Å². The van der Waals surface area contributed by atoms with Crippen molar-refractivity contribution in [3.8, 4) is 0 Å². The number of hydrogen-bond donors (Lipinski definition) is 0. The Kier molecular flexibility index (Phi) is 3.96. The van der Waals surface area contributed by atoms with Crippen LogP contribution < -0.4 is 0 Å². The van der Waals surface area contributed by atoms with Gasteiger partial charge in [-0.2, -0.15) is 0 Å². The Morgan fingerprint density at radius 3 is 1.57 bits per heavy atom. The lowest BCUT2D eigenvalue weighted by molar-refractivity contribution is 0.00391. The lowest BCUT2D eigenvalue weighted by Crippen LogP contribution is -2.60. The van der Waals surface area contributed by atoms with Gasteiger partial charge in [0.1, 0.15) is 0 Å². The van der Waals surface area contributed by atoms with Crippen molar-refractivity contribution in [2.24, 2.45) is 0 Å². The zero-order valence-corrected chi connectivity index (χ0v) is 10.6. The molecule has 1 fully saturated rings. The molecule has 1 aliphatic rings. The molecular weight excluding hydrogens is 172 g/mol. The van der Waals surface area contributed by atoms with Gasteiger partial charge in [-0.15, -0.1) is 0 Å². The number of rotatable bonds is 2. The minimum absolute atomic E-state index is 0.675. The molecule has 0 unspecified atom stereocenters. The molecule has 0 bridgehead atoms. The summed E-state index contributed by atoms with van der Waals surface area (Å²) in [5.74, 6) is 0. The first kappa shape index (κ1) is 12.0. The maximum atomic E-state index is 2.64. The first-order chi connectivity index (χ1) is 6.43. The fraction of sp³-hybridized carbons (Fsp3) is 1.00. The van der Waals surface area contributed by atoms with Gasteiger partial charge >= 0.3 is 0 Å². The minimum Gasteiger partial charge on any atom is -0.298 e. The van der Waals surface area contributed by atoms with Crippen molar-refractivity contribution < 1.29 is 0 Å². The van der Waals surface area contributed by atoms with Crippen molar-refractivity contribution in [3.05, 3.63) is 0 Å². The Balaban J connectivity index is 2.63. The van der Waals surface area contributed by atoms with E-state index in [1.165, 1.54) is 13.1 Å². The van der Waals surface area contributed by atoms with Crippen LogP contribution in [0.4, 0.5) is 0 Å². The predicted octanol–water partition coefficient (Wildman–Crippen LogP) is 2.20. The molecule has 1 heterocycles. The molecule has 0 radical (unpaired) electrons. The normalized spacial score (nSPS) is 31.7. The van der Waals surface area contributed by atoms with E-state index in [2.05, 4.69) is 51.3 Å². The number of hydrogen-bond acceptors (Lipinski definition) is 2. The molecule has 1 rings (SSSR count). The van der Waals surface area contributed by atoms with Gasteiger partial charge in [0, 0.05) is 37.3 Å². The Labute approximate surface area is 89.3 Å². The van der Waals surface area contributed by atoms with Gasteiger partial charge in [-0.05, 0) is 41.5 Å². The molecule has 0 spiro atoms. The van der Waals surface area contributed by atoms with Crippen LogP contribution in [0.15, 0.2) is 0 Å². The fourth-order valence-electron chi connectivity index (χ4n) is 2.82. The van der Waals surface area contributed by atoms with Gasteiger partial charge in [0.25, 0.3) is 0 Å². The van der Waals surface area contributed by atoms with Crippen molar-refractivity contribution in [2.75, 3.05) is 13.1 Å². The van der Waals surface area contributed by atoms with E-state index in [1.54, 1.807) is 0 Å². The van der Waals surface area contributed by atoms with Crippen LogP contribution in [0.2, 0.25) is 0 Å². The second kappa shape index (κ2) is 4.63. The highest BCUT2D eigenvalue weighted by molar-refractivity contribution is 4.87. The van der Waals surface area contributed by atoms with Crippen molar-refractivity contribution >= 4 is 0 Å². The van der Waals surface area contributed by atoms with Crippen LogP contribution in [0.1, 0.15) is 41.5 Å². The summed E-state index contributed by atoms with van der Waals surface area (Å²) in [6.45, 7) is 16.3. The highest BCUT2D eigenvalue weighted by Crippen LogP contribution is 2.19. The third kappa shape index (κ3) is 2.48. The molecule has 14 heavy (non-hydrogen) atoms. The van der Waals surface area contributed by atoms with Gasteiger partial charge < -0.3 is 0 Å². The van der Waals surface area contributed by atoms with Gasteiger partial charge in [0.05, 0.1) is 0 Å². The van der Waals surface area contributed by atoms with Crippen molar-refractivity contribution in [3.63, 3.8) is 0 Å². The monoisotopic (exact) mass is 198 g/mol. The largest absolute Gasteiger partial charge is 0.298 e. The van der Waals surface area contributed by atoms with Gasteiger partial charge in [0.2, 0.25) is 0 Å². The van der Waals surface area contributed by atoms with E-state index in [0.29, 0.717) is 24.2 Å². The second-order valence-corrected chi connectivity index (χ2v) is 5.29. The van der Waals surface area contributed by atoms with Gasteiger partial charge in [-0.25, -0.2) is 0 Å². The lowest BCUT2D eigenvalue weighted by atomic mass is 10.0. The van der Waals surface area contributed by atoms with Crippen LogP contribution in [0.25, 0.3) is 0 Å². The first-order valence-corrected chi connectivity index (χ1v) is 5.95. The highest BCUT2D eigenvalue weighted by atomic mass is 15.3. The molecule has 0 aromatic rings. The summed E-state index contributed by atoms with van der Waals surface area (Å²) < 4.78 is 0. The molecule has 2 heteroatoms.